The van der Waals surface area contributed by atoms with E-state index in [4.69, 9.17) is 0 Å². The van der Waals surface area contributed by atoms with Crippen LogP contribution >= 0.6 is 0 Å². The molecular formula is C24H30N4O. The van der Waals surface area contributed by atoms with E-state index in [0.717, 1.165) is 62.2 Å². The molecular weight excluding hydrogens is 360 g/mol. The Morgan fingerprint density at radius 1 is 0.966 bits per heavy atom. The number of nitrogens with one attached hydrogen (secondary N) is 1. The van der Waals surface area contributed by atoms with Crippen molar-refractivity contribution in [2.75, 3.05) is 46.3 Å². The molecule has 0 aliphatic carbocycles. The lowest BCUT2D eigenvalue weighted by Gasteiger charge is -2.32. The van der Waals surface area contributed by atoms with Crippen LogP contribution in [-0.4, -0.2) is 66.6 Å². The molecule has 0 spiro atoms. The first-order chi connectivity index (χ1) is 14.2. The van der Waals surface area contributed by atoms with Crippen LogP contribution < -0.4 is 5.32 Å². The Morgan fingerprint density at radius 2 is 1.69 bits per heavy atom. The van der Waals surface area contributed by atoms with E-state index in [0.29, 0.717) is 6.54 Å². The van der Waals surface area contributed by atoms with E-state index in [9.17, 15) is 4.79 Å². The Balaban J connectivity index is 1.38. The monoisotopic (exact) mass is 390 g/mol. The van der Waals surface area contributed by atoms with Crippen LogP contribution in [0.25, 0.3) is 10.9 Å². The first-order valence-corrected chi connectivity index (χ1v) is 10.5. The minimum atomic E-state index is 0.0198. The SMILES string of the molecule is CN1CCN(CCCNC(=O)c2cn(Cc3ccccc3)c3ccccc23)CC1. The second-order valence-corrected chi connectivity index (χ2v) is 7.93. The van der Waals surface area contributed by atoms with Crippen LogP contribution in [0.2, 0.25) is 0 Å². The van der Waals surface area contributed by atoms with Crippen molar-refractivity contribution in [1.82, 2.24) is 19.7 Å². The van der Waals surface area contributed by atoms with E-state index in [1.807, 2.05) is 30.5 Å². The molecule has 1 aliphatic rings. The lowest BCUT2D eigenvalue weighted by Crippen LogP contribution is -2.45. The second kappa shape index (κ2) is 9.25. The molecule has 1 aromatic heterocycles. The zero-order valence-electron chi connectivity index (χ0n) is 17.2. The minimum Gasteiger partial charge on any atom is -0.352 e. The number of aromatic nitrogens is 1. The van der Waals surface area contributed by atoms with Crippen molar-refractivity contribution in [3.8, 4) is 0 Å². The number of hydrogen-bond acceptors (Lipinski definition) is 3. The minimum absolute atomic E-state index is 0.0198. The Labute approximate surface area is 172 Å². The third kappa shape index (κ3) is 4.86. The van der Waals surface area contributed by atoms with Crippen molar-refractivity contribution in [1.29, 1.82) is 0 Å². The number of nitrogens with zero attached hydrogens (tertiary/aromatic N) is 3. The molecule has 0 bridgehead atoms. The summed E-state index contributed by atoms with van der Waals surface area (Å²) in [5.41, 5.74) is 3.09. The molecule has 5 heteroatoms. The maximum Gasteiger partial charge on any atom is 0.253 e. The van der Waals surface area contributed by atoms with Gasteiger partial charge in [0.2, 0.25) is 0 Å². The van der Waals surface area contributed by atoms with Crippen LogP contribution in [0, 0.1) is 0 Å². The number of likely N-dealkylation sites (N-methyl/N-ethyl adjacent to an activating group) is 1. The highest BCUT2D eigenvalue weighted by Gasteiger charge is 2.16. The third-order valence-corrected chi connectivity index (χ3v) is 5.76. The standard InChI is InChI=1S/C24H30N4O/c1-26-14-16-27(17-15-26)13-7-12-25-24(29)22-19-28(18-20-8-3-2-4-9-20)23-11-6-5-10-21(22)23/h2-6,8-11,19H,7,12-18H2,1H3,(H,25,29). The summed E-state index contributed by atoms with van der Waals surface area (Å²) in [5.74, 6) is 0.0198. The van der Waals surface area contributed by atoms with Crippen LogP contribution in [0.4, 0.5) is 0 Å². The molecule has 2 aromatic carbocycles. The maximum absolute atomic E-state index is 12.9. The zero-order valence-corrected chi connectivity index (χ0v) is 17.2. The normalized spacial score (nSPS) is 15.6. The summed E-state index contributed by atoms with van der Waals surface area (Å²) in [7, 11) is 2.17. The molecule has 0 unspecified atom stereocenters. The van der Waals surface area contributed by atoms with Gasteiger partial charge in [0.15, 0.2) is 0 Å². The van der Waals surface area contributed by atoms with Crippen molar-refractivity contribution < 1.29 is 4.79 Å². The predicted molar refractivity (Wildman–Crippen MR) is 118 cm³/mol. The molecule has 0 saturated carbocycles. The van der Waals surface area contributed by atoms with Gasteiger partial charge in [0.05, 0.1) is 5.56 Å². The quantitative estimate of drug-likeness (QED) is 0.631. The Bertz CT molecular complexity index is 942. The van der Waals surface area contributed by atoms with Gasteiger partial charge in [0, 0.05) is 56.4 Å². The van der Waals surface area contributed by atoms with E-state index in [1.165, 1.54) is 5.56 Å². The molecule has 2 heterocycles. The molecule has 5 nitrogen and oxygen atoms in total. The summed E-state index contributed by atoms with van der Waals surface area (Å²) in [6, 6.07) is 18.5. The molecule has 29 heavy (non-hydrogen) atoms. The van der Waals surface area contributed by atoms with Gasteiger partial charge in [0.1, 0.15) is 0 Å². The van der Waals surface area contributed by atoms with E-state index in [1.54, 1.807) is 0 Å². The fourth-order valence-electron chi connectivity index (χ4n) is 4.01. The number of amides is 1. The highest BCUT2D eigenvalue weighted by molar-refractivity contribution is 6.07. The molecule has 1 fully saturated rings. The van der Waals surface area contributed by atoms with E-state index >= 15 is 0 Å². The smallest absolute Gasteiger partial charge is 0.253 e. The van der Waals surface area contributed by atoms with Gasteiger partial charge in [-0.05, 0) is 31.6 Å². The lowest BCUT2D eigenvalue weighted by atomic mass is 10.1. The summed E-state index contributed by atoms with van der Waals surface area (Å²) < 4.78 is 2.17. The van der Waals surface area contributed by atoms with Gasteiger partial charge in [-0.3, -0.25) is 4.79 Å². The topological polar surface area (TPSA) is 40.5 Å². The molecule has 152 valence electrons. The maximum atomic E-state index is 12.9. The Hall–Kier alpha value is -2.63. The molecule has 3 aromatic rings. The Morgan fingerprint density at radius 3 is 2.48 bits per heavy atom. The number of benzene rings is 2. The van der Waals surface area contributed by atoms with Gasteiger partial charge < -0.3 is 19.7 Å². The fourth-order valence-corrected chi connectivity index (χ4v) is 4.01. The molecule has 1 saturated heterocycles. The number of hydrogen-bond donors (Lipinski definition) is 1. The van der Waals surface area contributed by atoms with E-state index in [-0.39, 0.29) is 5.91 Å². The highest BCUT2D eigenvalue weighted by Crippen LogP contribution is 2.22. The van der Waals surface area contributed by atoms with Gasteiger partial charge in [-0.2, -0.15) is 0 Å². The molecule has 0 radical (unpaired) electrons. The summed E-state index contributed by atoms with van der Waals surface area (Å²) >= 11 is 0. The number of carbonyl (C=O) groups excluding carboxylic acids is 1. The van der Waals surface area contributed by atoms with Crippen molar-refractivity contribution in [3.63, 3.8) is 0 Å². The van der Waals surface area contributed by atoms with Gasteiger partial charge in [-0.1, -0.05) is 48.5 Å². The summed E-state index contributed by atoms with van der Waals surface area (Å²) in [6.45, 7) is 7.03. The van der Waals surface area contributed by atoms with Gasteiger partial charge in [0.25, 0.3) is 5.91 Å². The second-order valence-electron chi connectivity index (χ2n) is 7.93. The van der Waals surface area contributed by atoms with Crippen LogP contribution in [0.3, 0.4) is 0 Å². The van der Waals surface area contributed by atoms with Crippen molar-refractivity contribution in [3.05, 3.63) is 71.9 Å². The average Bonchev–Trinajstić information content (AvgIpc) is 3.12. The van der Waals surface area contributed by atoms with Crippen molar-refractivity contribution in [2.24, 2.45) is 0 Å². The number of piperazine rings is 1. The van der Waals surface area contributed by atoms with E-state index < -0.39 is 0 Å². The predicted octanol–water partition coefficient (Wildman–Crippen LogP) is 3.06. The number of fused-ring (bicyclic) bond motifs is 1. The first kappa shape index (κ1) is 19.7. The molecule has 1 N–H and O–H groups in total. The van der Waals surface area contributed by atoms with Crippen LogP contribution in [0.5, 0.6) is 0 Å². The number of carbonyl (C=O) groups is 1. The van der Waals surface area contributed by atoms with Gasteiger partial charge in [-0.25, -0.2) is 0 Å². The third-order valence-electron chi connectivity index (χ3n) is 5.76. The molecule has 1 amide bonds. The van der Waals surface area contributed by atoms with Crippen LogP contribution in [0.1, 0.15) is 22.3 Å². The molecule has 4 rings (SSSR count). The average molecular weight is 391 g/mol. The van der Waals surface area contributed by atoms with Gasteiger partial charge in [-0.15, -0.1) is 0 Å². The number of para-hydroxylation sites is 1. The lowest BCUT2D eigenvalue weighted by molar-refractivity contribution is 0.0951. The summed E-state index contributed by atoms with van der Waals surface area (Å²) in [5, 5.41) is 4.14. The molecule has 0 atom stereocenters. The zero-order chi connectivity index (χ0) is 20.1. The molecule has 1 aliphatic heterocycles. The van der Waals surface area contributed by atoms with E-state index in [2.05, 4.69) is 57.1 Å². The van der Waals surface area contributed by atoms with Crippen LogP contribution in [0.15, 0.2) is 60.8 Å². The fraction of sp³-hybridized carbons (Fsp3) is 0.375. The van der Waals surface area contributed by atoms with Crippen molar-refractivity contribution >= 4 is 16.8 Å². The van der Waals surface area contributed by atoms with Crippen LogP contribution in [-0.2, 0) is 6.54 Å². The largest absolute Gasteiger partial charge is 0.352 e. The summed E-state index contributed by atoms with van der Waals surface area (Å²) in [4.78, 5) is 17.7. The first-order valence-electron chi connectivity index (χ1n) is 10.5. The van der Waals surface area contributed by atoms with Crippen molar-refractivity contribution in [2.45, 2.75) is 13.0 Å². The van der Waals surface area contributed by atoms with Gasteiger partial charge >= 0.3 is 0 Å². The Kier molecular flexibility index (Phi) is 6.27. The highest BCUT2D eigenvalue weighted by atomic mass is 16.1. The summed E-state index contributed by atoms with van der Waals surface area (Å²) in [6.07, 6.45) is 2.98. The number of rotatable bonds is 7.